The minimum absolute atomic E-state index is 0.152. The molecule has 1 amide bonds. The van der Waals surface area contributed by atoms with Crippen molar-refractivity contribution in [3.8, 4) is 11.3 Å². The standard InChI is InChI=1S/C25H25FN6O2/c1-2-18-7-9-19(10-8-18)21-15-23-25(34)31(27-17-32(23)28-21)16-24(33)30-13-11-29(12-14-30)22-6-4-3-5-20(22)26/h3-10,15,17H,2,11-14,16H2,1H3. The van der Waals surface area contributed by atoms with E-state index in [0.29, 0.717) is 43.1 Å². The second-order valence-electron chi connectivity index (χ2n) is 8.32. The minimum Gasteiger partial charge on any atom is -0.366 e. The first-order valence-electron chi connectivity index (χ1n) is 11.4. The maximum absolute atomic E-state index is 14.1. The maximum Gasteiger partial charge on any atom is 0.293 e. The van der Waals surface area contributed by atoms with Crippen LogP contribution in [0.15, 0.2) is 65.7 Å². The van der Waals surface area contributed by atoms with Gasteiger partial charge in [0.2, 0.25) is 5.91 Å². The number of para-hydroxylation sites is 1. The lowest BCUT2D eigenvalue weighted by molar-refractivity contribution is -0.132. The summed E-state index contributed by atoms with van der Waals surface area (Å²) in [5, 5.41) is 8.61. The van der Waals surface area contributed by atoms with Crippen LogP contribution in [0.3, 0.4) is 0 Å². The molecule has 1 fully saturated rings. The van der Waals surface area contributed by atoms with E-state index < -0.39 is 0 Å². The number of carbonyl (C=O) groups is 1. The molecule has 0 spiro atoms. The molecule has 3 heterocycles. The molecule has 0 unspecified atom stereocenters. The smallest absolute Gasteiger partial charge is 0.293 e. The van der Waals surface area contributed by atoms with E-state index in [1.807, 2.05) is 29.2 Å². The number of aromatic nitrogens is 4. The summed E-state index contributed by atoms with van der Waals surface area (Å²) in [6, 6.07) is 16.4. The molecule has 1 aliphatic heterocycles. The summed E-state index contributed by atoms with van der Waals surface area (Å²) >= 11 is 0. The van der Waals surface area contributed by atoms with Gasteiger partial charge in [0.05, 0.1) is 11.4 Å². The van der Waals surface area contributed by atoms with Gasteiger partial charge < -0.3 is 9.80 Å². The molecule has 0 N–H and O–H groups in total. The third-order valence-electron chi connectivity index (χ3n) is 6.26. The number of halogens is 1. The molecule has 0 saturated carbocycles. The number of hydrogen-bond acceptors (Lipinski definition) is 5. The summed E-state index contributed by atoms with van der Waals surface area (Å²) < 4.78 is 16.7. The predicted molar refractivity (Wildman–Crippen MR) is 127 cm³/mol. The van der Waals surface area contributed by atoms with Crippen LogP contribution in [0, 0.1) is 5.82 Å². The van der Waals surface area contributed by atoms with Crippen LogP contribution in [0.1, 0.15) is 12.5 Å². The number of nitrogens with zero attached hydrogens (tertiary/aromatic N) is 6. The number of fused-ring (bicyclic) bond motifs is 1. The van der Waals surface area contributed by atoms with Crippen LogP contribution in [-0.4, -0.2) is 56.4 Å². The third kappa shape index (κ3) is 4.16. The first kappa shape index (κ1) is 21.8. The number of piperazine rings is 1. The Kier molecular flexibility index (Phi) is 5.83. The highest BCUT2D eigenvalue weighted by atomic mass is 19.1. The monoisotopic (exact) mass is 460 g/mol. The van der Waals surface area contributed by atoms with Crippen LogP contribution in [0.5, 0.6) is 0 Å². The first-order chi connectivity index (χ1) is 16.5. The fourth-order valence-electron chi connectivity index (χ4n) is 4.24. The number of benzene rings is 2. The molecular weight excluding hydrogens is 435 g/mol. The van der Waals surface area contributed by atoms with Crippen LogP contribution >= 0.6 is 0 Å². The SMILES string of the molecule is CCc1ccc(-c2cc3c(=O)n(CC(=O)N4CCN(c5ccccc5F)CC4)ncn3n2)cc1. The van der Waals surface area contributed by atoms with Gasteiger partial charge >= 0.3 is 0 Å². The van der Waals surface area contributed by atoms with Crippen LogP contribution in [0.4, 0.5) is 10.1 Å². The average molecular weight is 461 g/mol. The Morgan fingerprint density at radius 1 is 1.03 bits per heavy atom. The molecule has 9 heteroatoms. The molecule has 1 aliphatic rings. The Morgan fingerprint density at radius 2 is 1.76 bits per heavy atom. The summed E-state index contributed by atoms with van der Waals surface area (Å²) in [5.41, 5.74) is 3.35. The highest BCUT2D eigenvalue weighted by molar-refractivity contribution is 5.76. The molecule has 0 aliphatic carbocycles. The van der Waals surface area contributed by atoms with Crippen LogP contribution in [-0.2, 0) is 17.8 Å². The largest absolute Gasteiger partial charge is 0.366 e. The molecule has 8 nitrogen and oxygen atoms in total. The van der Waals surface area contributed by atoms with E-state index in [2.05, 4.69) is 17.1 Å². The van der Waals surface area contributed by atoms with Gasteiger partial charge in [0.1, 0.15) is 24.2 Å². The zero-order valence-corrected chi connectivity index (χ0v) is 18.9. The molecule has 0 atom stereocenters. The van der Waals surface area contributed by atoms with Crippen molar-refractivity contribution in [1.29, 1.82) is 0 Å². The van der Waals surface area contributed by atoms with Crippen molar-refractivity contribution in [2.75, 3.05) is 31.1 Å². The van der Waals surface area contributed by atoms with Crippen LogP contribution < -0.4 is 10.5 Å². The van der Waals surface area contributed by atoms with Crippen molar-refractivity contribution in [1.82, 2.24) is 24.3 Å². The van der Waals surface area contributed by atoms with Crippen molar-refractivity contribution in [2.45, 2.75) is 19.9 Å². The van der Waals surface area contributed by atoms with Gasteiger partial charge in [0, 0.05) is 31.7 Å². The molecule has 4 aromatic rings. The normalized spacial score (nSPS) is 14.1. The summed E-state index contributed by atoms with van der Waals surface area (Å²) in [6.07, 6.45) is 2.40. The molecule has 5 rings (SSSR count). The Balaban J connectivity index is 1.29. The Labute approximate surface area is 195 Å². The minimum atomic E-state index is -0.371. The number of amides is 1. The molecular formula is C25H25FN6O2. The van der Waals surface area contributed by atoms with E-state index >= 15 is 0 Å². The average Bonchev–Trinajstić information content (AvgIpc) is 3.31. The number of carbonyl (C=O) groups excluding carboxylic acids is 1. The van der Waals surface area contributed by atoms with Gasteiger partial charge in [-0.25, -0.2) is 13.6 Å². The molecule has 2 aromatic carbocycles. The zero-order valence-electron chi connectivity index (χ0n) is 18.9. The number of anilines is 1. The topological polar surface area (TPSA) is 75.7 Å². The molecule has 0 bridgehead atoms. The van der Waals surface area contributed by atoms with E-state index in [-0.39, 0.29) is 23.8 Å². The summed E-state index contributed by atoms with van der Waals surface area (Å²) in [4.78, 5) is 29.5. The van der Waals surface area contributed by atoms with E-state index in [9.17, 15) is 14.0 Å². The molecule has 174 valence electrons. The highest BCUT2D eigenvalue weighted by Gasteiger charge is 2.23. The molecule has 2 aromatic heterocycles. The summed E-state index contributed by atoms with van der Waals surface area (Å²) in [6.45, 7) is 3.90. The van der Waals surface area contributed by atoms with Crippen molar-refractivity contribution in [2.24, 2.45) is 0 Å². The fourth-order valence-corrected chi connectivity index (χ4v) is 4.24. The van der Waals surface area contributed by atoms with Gasteiger partial charge in [-0.1, -0.05) is 43.3 Å². The molecule has 0 radical (unpaired) electrons. The van der Waals surface area contributed by atoms with Gasteiger partial charge in [-0.3, -0.25) is 9.59 Å². The van der Waals surface area contributed by atoms with E-state index in [1.165, 1.54) is 27.2 Å². The van der Waals surface area contributed by atoms with E-state index in [0.717, 1.165) is 12.0 Å². The van der Waals surface area contributed by atoms with Crippen molar-refractivity contribution < 1.29 is 9.18 Å². The van der Waals surface area contributed by atoms with Crippen molar-refractivity contribution in [3.63, 3.8) is 0 Å². The lowest BCUT2D eigenvalue weighted by atomic mass is 10.1. The van der Waals surface area contributed by atoms with Crippen LogP contribution in [0.25, 0.3) is 16.8 Å². The number of aryl methyl sites for hydroxylation is 1. The Hall–Kier alpha value is -4.01. The number of hydrogen-bond donors (Lipinski definition) is 0. The Bertz CT molecular complexity index is 1390. The van der Waals surface area contributed by atoms with Gasteiger partial charge in [-0.15, -0.1) is 0 Å². The van der Waals surface area contributed by atoms with Gasteiger partial charge in [-0.05, 0) is 30.2 Å². The quantitative estimate of drug-likeness (QED) is 0.458. The zero-order chi connectivity index (χ0) is 23.7. The van der Waals surface area contributed by atoms with Crippen molar-refractivity contribution >= 4 is 17.1 Å². The van der Waals surface area contributed by atoms with Gasteiger partial charge in [0.15, 0.2) is 0 Å². The predicted octanol–water partition coefficient (Wildman–Crippen LogP) is 2.61. The van der Waals surface area contributed by atoms with E-state index in [4.69, 9.17) is 0 Å². The summed E-state index contributed by atoms with van der Waals surface area (Å²) in [5.74, 6) is -0.463. The second kappa shape index (κ2) is 9.09. The maximum atomic E-state index is 14.1. The third-order valence-corrected chi connectivity index (χ3v) is 6.26. The fraction of sp³-hybridized carbons (Fsp3) is 0.280. The van der Waals surface area contributed by atoms with E-state index in [1.54, 1.807) is 29.2 Å². The number of rotatable bonds is 5. The second-order valence-corrected chi connectivity index (χ2v) is 8.32. The Morgan fingerprint density at radius 3 is 2.47 bits per heavy atom. The summed E-state index contributed by atoms with van der Waals surface area (Å²) in [7, 11) is 0. The molecule has 1 saturated heterocycles. The lowest BCUT2D eigenvalue weighted by Crippen LogP contribution is -2.50. The highest BCUT2D eigenvalue weighted by Crippen LogP contribution is 2.21. The first-order valence-corrected chi connectivity index (χ1v) is 11.4. The van der Waals surface area contributed by atoms with Gasteiger partial charge in [0.25, 0.3) is 5.56 Å². The van der Waals surface area contributed by atoms with Gasteiger partial charge in [-0.2, -0.15) is 10.2 Å². The van der Waals surface area contributed by atoms with Crippen molar-refractivity contribution in [3.05, 3.63) is 82.7 Å². The van der Waals surface area contributed by atoms with Crippen LogP contribution in [0.2, 0.25) is 0 Å². The lowest BCUT2D eigenvalue weighted by Gasteiger charge is -2.36. The molecule has 34 heavy (non-hydrogen) atoms.